The number of methoxy groups -OCH3 is 1. The summed E-state index contributed by atoms with van der Waals surface area (Å²) in [5.41, 5.74) is 8.18. The lowest BCUT2D eigenvalue weighted by Gasteiger charge is -2.15. The number of anilines is 2. The van der Waals surface area contributed by atoms with Crippen LogP contribution in [0.4, 0.5) is 14.7 Å². The maximum Gasteiger partial charge on any atom is 0.293 e. The maximum atomic E-state index is 12.8. The van der Waals surface area contributed by atoms with Crippen molar-refractivity contribution >= 4 is 141 Å². The largest absolute Gasteiger partial charge is 0.472 e. The summed E-state index contributed by atoms with van der Waals surface area (Å²) in [6.07, 6.45) is 13.6. The van der Waals surface area contributed by atoms with Gasteiger partial charge in [-0.25, -0.2) is 9.37 Å². The Labute approximate surface area is 825 Å². The average molecular weight is 2010 g/mol. The van der Waals surface area contributed by atoms with Crippen molar-refractivity contribution in [2.24, 2.45) is 59.6 Å². The molecule has 37 heteroatoms. The first-order chi connectivity index (χ1) is 58.9. The molecule has 11 aromatic rings. The van der Waals surface area contributed by atoms with Gasteiger partial charge in [0.15, 0.2) is 11.2 Å². The second-order valence-corrected chi connectivity index (χ2v) is 57.0. The zero-order valence-corrected chi connectivity index (χ0v) is 94.8. The third kappa shape index (κ3) is 65.8. The number of aryl methyl sites for hydroxylation is 4. The van der Waals surface area contributed by atoms with Gasteiger partial charge in [0.2, 0.25) is 16.2 Å². The zero-order chi connectivity index (χ0) is 98.5. The molecular formula is C93H162FN23O2S11. The number of rotatable bonds is 17. The van der Waals surface area contributed by atoms with E-state index >= 15 is 0 Å². The van der Waals surface area contributed by atoms with Gasteiger partial charge in [-0.3, -0.25) is 4.79 Å². The number of hydrogen-bond acceptors (Lipinski definition) is 35. The molecule has 1 saturated carbocycles. The molecule has 11 heterocycles. The molecule has 0 aliphatic heterocycles. The van der Waals surface area contributed by atoms with Crippen LogP contribution in [0, 0.1) is 80.3 Å². The Balaban J connectivity index is 0.000000715. The smallest absolute Gasteiger partial charge is 0.293 e. The molecule has 25 nitrogen and oxygen atoms in total. The molecular weight excluding hydrogens is 1840 g/mol. The van der Waals surface area contributed by atoms with Crippen molar-refractivity contribution in [1.29, 1.82) is 0 Å². The van der Waals surface area contributed by atoms with Gasteiger partial charge in [0.1, 0.15) is 80.6 Å². The molecule has 0 bridgehead atoms. The summed E-state index contributed by atoms with van der Waals surface area (Å²) < 4.78 is 17.7. The average Bonchev–Trinajstić information content (AvgIpc) is 1.69. The minimum Gasteiger partial charge on any atom is -0.472 e. The Morgan fingerprint density at radius 2 is 0.700 bits per heavy atom. The van der Waals surface area contributed by atoms with Gasteiger partial charge < -0.3 is 15.4 Å². The first-order valence-corrected chi connectivity index (χ1v) is 53.1. The van der Waals surface area contributed by atoms with Crippen molar-refractivity contribution in [1.82, 2.24) is 107 Å². The molecule has 11 aromatic heterocycles. The Bertz CT molecular complexity index is 4440. The molecule has 0 spiro atoms. The van der Waals surface area contributed by atoms with Crippen molar-refractivity contribution < 1.29 is 13.9 Å². The highest BCUT2D eigenvalue weighted by Gasteiger charge is 2.29. The van der Waals surface area contributed by atoms with Gasteiger partial charge in [-0.05, 0) is 113 Å². The van der Waals surface area contributed by atoms with Crippen molar-refractivity contribution in [2.75, 3.05) is 24.8 Å². The van der Waals surface area contributed by atoms with Crippen LogP contribution in [-0.2, 0) is 81.8 Å². The van der Waals surface area contributed by atoms with E-state index in [-0.39, 0.29) is 29.6 Å². The highest BCUT2D eigenvalue weighted by molar-refractivity contribution is 7.16. The standard InChI is InChI=1S/C10H16N2S.C9H15FN2S.C9H15N3OS.C9H16N2S.C8H15N3S.C8H14N2OS.3C8H14N2S.C8H13NS.C7H12N2S.CH4/c1-10(2,3)6-8-11-12-9(13-8)7-4-5-7;1-6(10)8-12-11-7(13-8)5-9(2,3)4;1-6(13)10-8-12-11-7(14-8)5-9(2,3)4;1-5-7-10-11-8(12-7)6-9(2,3)4;1-8(2,3)5-6-10-11-7(9-4)12-6;1-8(2,3)5-6-9-10-7(11-4)12-6;3*1-6-9-10-7(11-6)5-8(2,3)4;1-8(2,3)4-7-5-10-6-9-7;1-7(2,3)4-6-9-8-5-10-6;/h7H,4-6H2,1-3H3;6H,5H2,1-4H3;5H2,1-4H3,(H,10,12,13);5-6H2,1-4H3;5H2,1-4H3,(H,9,11);5H2,1-4H3;3*5H2,1-4H3;5-6H,4H2,1-3H3;5H,4H2,1-3H3;1H4. The number of amides is 1. The van der Waals surface area contributed by atoms with Gasteiger partial charge in [0, 0.05) is 89.5 Å². The fraction of sp³-hybridized carbons (Fsp3) is 0.742. The van der Waals surface area contributed by atoms with Crippen LogP contribution in [0.15, 0.2) is 16.4 Å². The first-order valence-electron chi connectivity index (χ1n) is 44.0. The topological polar surface area (TPSA) is 321 Å². The number of thiazole rings is 1. The minimum absolute atomic E-state index is 0. The van der Waals surface area contributed by atoms with Crippen LogP contribution < -0.4 is 15.4 Å². The maximum absolute atomic E-state index is 12.8. The van der Waals surface area contributed by atoms with E-state index in [1.165, 1.54) is 81.4 Å². The number of nitrogens with zero attached hydrogens (tertiary/aromatic N) is 21. The van der Waals surface area contributed by atoms with Gasteiger partial charge in [-0.15, -0.1) is 181 Å². The highest BCUT2D eigenvalue weighted by atomic mass is 32.1. The Hall–Kier alpha value is -5.77. The van der Waals surface area contributed by atoms with Crippen LogP contribution >= 0.6 is 125 Å². The molecule has 1 amide bonds. The van der Waals surface area contributed by atoms with Crippen molar-refractivity contribution in [3.8, 4) is 5.19 Å². The lowest BCUT2D eigenvalue weighted by atomic mass is 9.91. The molecule has 1 unspecified atom stereocenters. The SMILES string of the molecule is C.CC(=O)Nc1nnc(CC(C)(C)C)s1.CC(C)(C)Cc1cscn1.CC(C)(C)Cc1nnc(C2CC2)s1.CC(C)(C)Cc1nncs1.CC(F)c1nnc(CC(C)(C)C)s1.CCc1nnc(CC(C)(C)C)s1.CNc1nnc(CC(C)(C)C)s1.COc1nnc(CC(C)(C)C)s1.Cc1nnc(CC(C)(C)C)s1.Cc1nnc(CC(C)(C)C)s1.Cc1nnc(CC(C)(C)C)s1. The Morgan fingerprint density at radius 1 is 0.385 bits per heavy atom. The first kappa shape index (κ1) is 122. The summed E-state index contributed by atoms with van der Waals surface area (Å²) in [7, 11) is 3.47. The fourth-order valence-corrected chi connectivity index (χ4v) is 21.0. The van der Waals surface area contributed by atoms with E-state index in [2.05, 4.69) is 358 Å². The fourth-order valence-electron chi connectivity index (χ4n) is 10.1. The van der Waals surface area contributed by atoms with Gasteiger partial charge >= 0.3 is 0 Å². The van der Waals surface area contributed by atoms with Crippen LogP contribution in [0.3, 0.4) is 0 Å². The lowest BCUT2D eigenvalue weighted by Crippen LogP contribution is -2.08. The highest BCUT2D eigenvalue weighted by Crippen LogP contribution is 2.42. The molecule has 12 rings (SSSR count). The summed E-state index contributed by atoms with van der Waals surface area (Å²) in [5, 5.41) is 107. The molecule has 0 aromatic carbocycles. The molecule has 130 heavy (non-hydrogen) atoms. The molecule has 0 saturated heterocycles. The summed E-state index contributed by atoms with van der Waals surface area (Å²) >= 11 is 17.9. The van der Waals surface area contributed by atoms with E-state index in [9.17, 15) is 9.18 Å². The van der Waals surface area contributed by atoms with Crippen LogP contribution in [0.5, 0.6) is 5.19 Å². The van der Waals surface area contributed by atoms with Crippen LogP contribution in [0.1, 0.15) is 367 Å². The lowest BCUT2D eigenvalue weighted by molar-refractivity contribution is -0.114. The second kappa shape index (κ2) is 56.1. The van der Waals surface area contributed by atoms with Crippen molar-refractivity contribution in [2.45, 2.75) is 379 Å². The molecule has 1 aliphatic rings. The van der Waals surface area contributed by atoms with Gasteiger partial charge in [0.25, 0.3) is 5.19 Å². The number of carbonyl (C=O) groups is 1. The molecule has 1 atom stereocenters. The molecule has 734 valence electrons. The number of nitrogens with one attached hydrogen (secondary N) is 2. The predicted octanol–water partition coefficient (Wildman–Crippen LogP) is 28.0. The van der Waals surface area contributed by atoms with E-state index in [1.807, 2.05) is 44.7 Å². The summed E-state index contributed by atoms with van der Waals surface area (Å²) in [4.78, 5) is 15.0. The Morgan fingerprint density at radius 3 is 0.992 bits per heavy atom. The molecule has 1 aliphatic carbocycles. The number of carbonyl (C=O) groups excluding carboxylic acids is 1. The zero-order valence-electron chi connectivity index (χ0n) is 85.9. The van der Waals surface area contributed by atoms with Gasteiger partial charge in [0.05, 0.1) is 18.3 Å². The van der Waals surface area contributed by atoms with Crippen LogP contribution in [0.25, 0.3) is 0 Å². The summed E-state index contributed by atoms with van der Waals surface area (Å²) in [6.45, 7) is 83.6. The molecule has 2 N–H and O–H groups in total. The van der Waals surface area contributed by atoms with E-state index < -0.39 is 6.17 Å². The van der Waals surface area contributed by atoms with Crippen LogP contribution in [0.2, 0.25) is 0 Å². The van der Waals surface area contributed by atoms with Crippen molar-refractivity contribution in [3.63, 3.8) is 0 Å². The number of aromatic nitrogens is 21. The monoisotopic (exact) mass is 2000 g/mol. The number of ether oxygens (including phenoxy) is 1. The summed E-state index contributed by atoms with van der Waals surface area (Å²) in [5.74, 6) is 0.648. The number of hydrogen-bond donors (Lipinski definition) is 2. The molecule has 1 fully saturated rings. The van der Waals surface area contributed by atoms with Crippen LogP contribution in [-0.4, -0.2) is 127 Å². The van der Waals surface area contributed by atoms with E-state index in [4.69, 9.17) is 4.74 Å². The molecule has 0 radical (unpaired) electrons. The quantitative estimate of drug-likeness (QED) is 0.0855. The van der Waals surface area contributed by atoms with Gasteiger partial charge in [-0.2, -0.15) is 0 Å². The number of alkyl halides is 1. The van der Waals surface area contributed by atoms with E-state index in [1.54, 1.807) is 92.0 Å². The third-order valence-electron chi connectivity index (χ3n) is 15.2. The summed E-state index contributed by atoms with van der Waals surface area (Å²) in [6, 6.07) is 0. The van der Waals surface area contributed by atoms with Gasteiger partial charge in [-0.1, -0.05) is 288 Å². The third-order valence-corrected chi connectivity index (χ3v) is 25.0. The predicted molar refractivity (Wildman–Crippen MR) is 558 cm³/mol. The minimum atomic E-state index is -0.994. The normalized spacial score (nSPS) is 12.6. The van der Waals surface area contributed by atoms with E-state index in [0.29, 0.717) is 58.7 Å². The second-order valence-electron chi connectivity index (χ2n) is 45.1. The number of halogens is 1. The van der Waals surface area contributed by atoms with E-state index in [0.717, 1.165) is 148 Å². The van der Waals surface area contributed by atoms with Crippen molar-refractivity contribution in [3.05, 3.63) is 102 Å². The Kier molecular flexibility index (Phi) is 52.7.